The summed E-state index contributed by atoms with van der Waals surface area (Å²) in [6, 6.07) is 6.29. The first-order valence-electron chi connectivity index (χ1n) is 5.22. The van der Waals surface area contributed by atoms with Gasteiger partial charge >= 0.3 is 0 Å². The summed E-state index contributed by atoms with van der Waals surface area (Å²) in [6.07, 6.45) is 1.03. The molecule has 2 nitrogen and oxygen atoms in total. The smallest absolute Gasteiger partial charge is 0.192 e. The minimum Gasteiger partial charge on any atom is -0.344 e. The fourth-order valence-electron chi connectivity index (χ4n) is 1.80. The van der Waals surface area contributed by atoms with Crippen molar-refractivity contribution in [2.45, 2.75) is 26.1 Å². The first-order valence-corrected chi connectivity index (χ1v) is 6.02. The molecular formula is C12H15BrO2. The SMILES string of the molecule is CCc1ccc(C2(C)OCCO2)cc1Br. The van der Waals surface area contributed by atoms with Crippen LogP contribution in [0.4, 0.5) is 0 Å². The van der Waals surface area contributed by atoms with Gasteiger partial charge < -0.3 is 9.47 Å². The summed E-state index contributed by atoms with van der Waals surface area (Å²) < 4.78 is 12.4. The van der Waals surface area contributed by atoms with Crippen molar-refractivity contribution in [3.05, 3.63) is 33.8 Å². The third-order valence-electron chi connectivity index (χ3n) is 2.80. The number of halogens is 1. The van der Waals surface area contributed by atoms with Crippen LogP contribution in [0.2, 0.25) is 0 Å². The van der Waals surface area contributed by atoms with Crippen molar-refractivity contribution in [1.82, 2.24) is 0 Å². The minimum absolute atomic E-state index is 0.561. The molecule has 0 aliphatic carbocycles. The Balaban J connectivity index is 2.33. The predicted molar refractivity (Wildman–Crippen MR) is 62.8 cm³/mol. The van der Waals surface area contributed by atoms with Crippen LogP contribution in [0.3, 0.4) is 0 Å². The normalized spacial score (nSPS) is 19.4. The number of benzene rings is 1. The number of ether oxygens (including phenoxy) is 2. The molecule has 1 heterocycles. The van der Waals surface area contributed by atoms with Crippen molar-refractivity contribution in [3.63, 3.8) is 0 Å². The van der Waals surface area contributed by atoms with Crippen molar-refractivity contribution < 1.29 is 9.47 Å². The highest BCUT2D eigenvalue weighted by Crippen LogP contribution is 2.33. The van der Waals surface area contributed by atoms with Gasteiger partial charge in [-0.3, -0.25) is 0 Å². The van der Waals surface area contributed by atoms with Gasteiger partial charge in [0.1, 0.15) is 0 Å². The number of hydrogen-bond donors (Lipinski definition) is 0. The largest absolute Gasteiger partial charge is 0.344 e. The number of aryl methyl sites for hydroxylation is 1. The highest BCUT2D eigenvalue weighted by molar-refractivity contribution is 9.10. The fraction of sp³-hybridized carbons (Fsp3) is 0.500. The molecule has 0 spiro atoms. The van der Waals surface area contributed by atoms with E-state index in [-0.39, 0.29) is 0 Å². The molecule has 0 saturated carbocycles. The zero-order chi connectivity index (χ0) is 10.9. The highest BCUT2D eigenvalue weighted by atomic mass is 79.9. The Bertz CT molecular complexity index is 357. The van der Waals surface area contributed by atoms with E-state index in [0.717, 1.165) is 16.5 Å². The molecule has 0 amide bonds. The van der Waals surface area contributed by atoms with E-state index < -0.39 is 5.79 Å². The lowest BCUT2D eigenvalue weighted by Crippen LogP contribution is -2.22. The van der Waals surface area contributed by atoms with Crippen LogP contribution < -0.4 is 0 Å². The summed E-state index contributed by atoms with van der Waals surface area (Å²) in [5.74, 6) is -0.561. The fourth-order valence-corrected chi connectivity index (χ4v) is 2.46. The lowest BCUT2D eigenvalue weighted by atomic mass is 10.0. The Morgan fingerprint density at radius 2 is 2.00 bits per heavy atom. The summed E-state index contributed by atoms with van der Waals surface area (Å²) in [4.78, 5) is 0. The lowest BCUT2D eigenvalue weighted by molar-refractivity contribution is -0.149. The second kappa shape index (κ2) is 4.24. The highest BCUT2D eigenvalue weighted by Gasteiger charge is 2.33. The molecule has 1 aliphatic rings. The van der Waals surface area contributed by atoms with Crippen molar-refractivity contribution >= 4 is 15.9 Å². The molecule has 0 bridgehead atoms. The Morgan fingerprint density at radius 3 is 2.53 bits per heavy atom. The molecule has 1 fully saturated rings. The molecule has 1 aromatic rings. The summed E-state index contributed by atoms with van der Waals surface area (Å²) >= 11 is 3.57. The second-order valence-electron chi connectivity index (χ2n) is 3.80. The molecule has 0 unspecified atom stereocenters. The molecule has 15 heavy (non-hydrogen) atoms. The number of hydrogen-bond acceptors (Lipinski definition) is 2. The third-order valence-corrected chi connectivity index (χ3v) is 3.53. The zero-order valence-corrected chi connectivity index (χ0v) is 10.6. The van der Waals surface area contributed by atoms with Crippen LogP contribution in [0.1, 0.15) is 25.0 Å². The van der Waals surface area contributed by atoms with E-state index >= 15 is 0 Å². The maximum atomic E-state index is 5.61. The lowest BCUT2D eigenvalue weighted by Gasteiger charge is -2.23. The van der Waals surface area contributed by atoms with Gasteiger partial charge in [0.25, 0.3) is 0 Å². The van der Waals surface area contributed by atoms with Gasteiger partial charge in [0.15, 0.2) is 5.79 Å². The first kappa shape index (κ1) is 11.1. The van der Waals surface area contributed by atoms with Crippen molar-refractivity contribution in [3.8, 4) is 0 Å². The predicted octanol–water partition coefficient (Wildman–Crippen LogP) is 3.23. The van der Waals surface area contributed by atoms with Gasteiger partial charge in [0.2, 0.25) is 0 Å². The Hall–Kier alpha value is -0.380. The van der Waals surface area contributed by atoms with E-state index in [4.69, 9.17) is 9.47 Å². The van der Waals surface area contributed by atoms with Gasteiger partial charge in [0.05, 0.1) is 13.2 Å². The summed E-state index contributed by atoms with van der Waals surface area (Å²) in [7, 11) is 0. The molecule has 1 aliphatic heterocycles. The summed E-state index contributed by atoms with van der Waals surface area (Å²) in [5.41, 5.74) is 2.38. The van der Waals surface area contributed by atoms with E-state index in [1.165, 1.54) is 5.56 Å². The van der Waals surface area contributed by atoms with Crippen molar-refractivity contribution in [1.29, 1.82) is 0 Å². The Labute approximate surface area is 98.7 Å². The quantitative estimate of drug-likeness (QED) is 0.822. The topological polar surface area (TPSA) is 18.5 Å². The van der Waals surface area contributed by atoms with Gasteiger partial charge in [0, 0.05) is 10.0 Å². The molecule has 1 aromatic carbocycles. The average molecular weight is 271 g/mol. The third kappa shape index (κ3) is 2.10. The summed E-state index contributed by atoms with van der Waals surface area (Å²) in [6.45, 7) is 5.45. The molecule has 2 rings (SSSR count). The molecule has 82 valence electrons. The molecule has 1 saturated heterocycles. The van der Waals surface area contributed by atoms with Crippen LogP contribution in [0.25, 0.3) is 0 Å². The average Bonchev–Trinajstić information content (AvgIpc) is 2.66. The Kier molecular flexibility index (Phi) is 3.14. The van der Waals surface area contributed by atoms with Gasteiger partial charge in [-0.1, -0.05) is 35.0 Å². The molecule has 0 N–H and O–H groups in total. The molecule has 0 aromatic heterocycles. The van der Waals surface area contributed by atoms with Crippen LogP contribution in [0.5, 0.6) is 0 Å². The molecule has 0 radical (unpaired) electrons. The van der Waals surface area contributed by atoms with Gasteiger partial charge in [-0.05, 0) is 25.0 Å². The standard InChI is InChI=1S/C12H15BrO2/c1-3-9-4-5-10(8-11(9)13)12(2)14-6-7-15-12/h4-5,8H,3,6-7H2,1-2H3. The van der Waals surface area contributed by atoms with Crippen LogP contribution >= 0.6 is 15.9 Å². The summed E-state index contributed by atoms with van der Waals surface area (Å²) in [5, 5.41) is 0. The van der Waals surface area contributed by atoms with Crippen LogP contribution in [0, 0.1) is 0 Å². The van der Waals surface area contributed by atoms with Crippen LogP contribution in [-0.4, -0.2) is 13.2 Å². The van der Waals surface area contributed by atoms with Gasteiger partial charge in [-0.2, -0.15) is 0 Å². The van der Waals surface area contributed by atoms with E-state index in [0.29, 0.717) is 13.2 Å². The van der Waals surface area contributed by atoms with E-state index in [2.05, 4.69) is 41.1 Å². The molecule has 3 heteroatoms. The van der Waals surface area contributed by atoms with Crippen molar-refractivity contribution in [2.75, 3.05) is 13.2 Å². The van der Waals surface area contributed by atoms with E-state index in [9.17, 15) is 0 Å². The zero-order valence-electron chi connectivity index (χ0n) is 9.05. The van der Waals surface area contributed by atoms with Gasteiger partial charge in [-0.25, -0.2) is 0 Å². The second-order valence-corrected chi connectivity index (χ2v) is 4.66. The first-order chi connectivity index (χ1) is 7.15. The Morgan fingerprint density at radius 1 is 1.33 bits per heavy atom. The number of rotatable bonds is 2. The maximum absolute atomic E-state index is 5.61. The maximum Gasteiger partial charge on any atom is 0.192 e. The van der Waals surface area contributed by atoms with E-state index in [1.807, 2.05) is 6.92 Å². The molecule has 0 atom stereocenters. The van der Waals surface area contributed by atoms with Crippen molar-refractivity contribution in [2.24, 2.45) is 0 Å². The van der Waals surface area contributed by atoms with Crippen LogP contribution in [-0.2, 0) is 21.7 Å². The van der Waals surface area contributed by atoms with E-state index in [1.54, 1.807) is 0 Å². The van der Waals surface area contributed by atoms with Gasteiger partial charge in [-0.15, -0.1) is 0 Å². The monoisotopic (exact) mass is 270 g/mol. The minimum atomic E-state index is -0.561. The van der Waals surface area contributed by atoms with Crippen LogP contribution in [0.15, 0.2) is 22.7 Å². The molecular weight excluding hydrogens is 256 g/mol.